The van der Waals surface area contributed by atoms with Crippen LogP contribution in [-0.4, -0.2) is 58.7 Å². The zero-order chi connectivity index (χ0) is 18.1. The maximum absolute atomic E-state index is 13.8. The van der Waals surface area contributed by atoms with Crippen molar-refractivity contribution in [2.45, 2.75) is 26.4 Å². The van der Waals surface area contributed by atoms with Crippen LogP contribution in [0.4, 0.5) is 13.6 Å². The number of amides is 2. The first-order valence-corrected chi connectivity index (χ1v) is 7.54. The largest absolute Gasteiger partial charge is 0.505 e. The predicted molar refractivity (Wildman–Crippen MR) is 81.7 cm³/mol. The summed E-state index contributed by atoms with van der Waals surface area (Å²) in [6.45, 7) is 5.87. The summed E-state index contributed by atoms with van der Waals surface area (Å²) in [5.41, 5.74) is -1.42. The van der Waals surface area contributed by atoms with Crippen molar-refractivity contribution in [3.8, 4) is 5.75 Å². The molecule has 0 aliphatic carbocycles. The molecule has 6 nitrogen and oxygen atoms in total. The van der Waals surface area contributed by atoms with Gasteiger partial charge in [-0.1, -0.05) is 0 Å². The van der Waals surface area contributed by atoms with Gasteiger partial charge in [0, 0.05) is 26.2 Å². The van der Waals surface area contributed by atoms with Crippen molar-refractivity contribution in [1.82, 2.24) is 9.80 Å². The van der Waals surface area contributed by atoms with Crippen LogP contribution in [0.3, 0.4) is 0 Å². The lowest BCUT2D eigenvalue weighted by Gasteiger charge is -2.35. The lowest BCUT2D eigenvalue weighted by molar-refractivity contribution is 0.0139. The average molecular weight is 342 g/mol. The van der Waals surface area contributed by atoms with E-state index < -0.39 is 40.5 Å². The predicted octanol–water partition coefficient (Wildman–Crippen LogP) is 2.36. The molecule has 0 bridgehead atoms. The van der Waals surface area contributed by atoms with Crippen molar-refractivity contribution in [3.05, 3.63) is 29.3 Å². The maximum Gasteiger partial charge on any atom is 0.410 e. The van der Waals surface area contributed by atoms with E-state index in [0.29, 0.717) is 0 Å². The molecule has 24 heavy (non-hydrogen) atoms. The van der Waals surface area contributed by atoms with Crippen LogP contribution in [0.2, 0.25) is 0 Å². The third-order valence-electron chi connectivity index (χ3n) is 3.50. The number of aromatic hydroxyl groups is 1. The van der Waals surface area contributed by atoms with Crippen LogP contribution in [0, 0.1) is 11.6 Å². The second-order valence-electron chi connectivity index (χ2n) is 6.52. The number of ether oxygens (including phenoxy) is 1. The monoisotopic (exact) mass is 342 g/mol. The second kappa shape index (κ2) is 6.62. The van der Waals surface area contributed by atoms with Gasteiger partial charge >= 0.3 is 6.09 Å². The van der Waals surface area contributed by atoms with Crippen molar-refractivity contribution in [2.24, 2.45) is 0 Å². The van der Waals surface area contributed by atoms with Crippen LogP contribution < -0.4 is 0 Å². The Morgan fingerprint density at radius 2 is 1.62 bits per heavy atom. The number of phenolic OH excluding ortho intramolecular Hbond substituents is 1. The number of benzene rings is 1. The number of hydrogen-bond donors (Lipinski definition) is 1. The summed E-state index contributed by atoms with van der Waals surface area (Å²) in [6, 6.07) is 1.69. The molecule has 1 saturated heterocycles. The SMILES string of the molecule is CC(C)(C)OC(=O)N1CCN(C(=O)c2c(F)ccc(O)c2F)CC1. The summed E-state index contributed by atoms with van der Waals surface area (Å²) in [5, 5.41) is 9.31. The normalized spacial score (nSPS) is 15.4. The van der Waals surface area contributed by atoms with Gasteiger partial charge in [-0.3, -0.25) is 4.79 Å². The van der Waals surface area contributed by atoms with Gasteiger partial charge in [0.05, 0.1) is 0 Å². The molecule has 8 heteroatoms. The van der Waals surface area contributed by atoms with Crippen LogP contribution in [0.25, 0.3) is 0 Å². The molecule has 2 rings (SSSR count). The van der Waals surface area contributed by atoms with Crippen LogP contribution in [0.5, 0.6) is 5.75 Å². The Kier molecular flexibility index (Phi) is 4.96. The fraction of sp³-hybridized carbons (Fsp3) is 0.500. The number of phenols is 1. The highest BCUT2D eigenvalue weighted by Crippen LogP contribution is 2.24. The average Bonchev–Trinajstić information content (AvgIpc) is 2.50. The van der Waals surface area contributed by atoms with E-state index >= 15 is 0 Å². The molecule has 1 aliphatic heterocycles. The summed E-state index contributed by atoms with van der Waals surface area (Å²) < 4.78 is 32.8. The Balaban J connectivity index is 2.04. The lowest BCUT2D eigenvalue weighted by Crippen LogP contribution is -2.51. The summed E-state index contributed by atoms with van der Waals surface area (Å²) in [4.78, 5) is 26.9. The summed E-state index contributed by atoms with van der Waals surface area (Å²) in [6.07, 6.45) is -0.496. The summed E-state index contributed by atoms with van der Waals surface area (Å²) in [7, 11) is 0. The van der Waals surface area contributed by atoms with Gasteiger partial charge in [-0.25, -0.2) is 13.6 Å². The van der Waals surface area contributed by atoms with Crippen molar-refractivity contribution in [2.75, 3.05) is 26.2 Å². The van der Waals surface area contributed by atoms with E-state index in [1.165, 1.54) is 9.80 Å². The highest BCUT2D eigenvalue weighted by atomic mass is 19.1. The highest BCUT2D eigenvalue weighted by Gasteiger charge is 2.30. The smallest absolute Gasteiger partial charge is 0.410 e. The number of piperazine rings is 1. The van der Waals surface area contributed by atoms with Crippen molar-refractivity contribution in [1.29, 1.82) is 0 Å². The van der Waals surface area contributed by atoms with Crippen molar-refractivity contribution in [3.63, 3.8) is 0 Å². The number of carbonyl (C=O) groups is 2. The lowest BCUT2D eigenvalue weighted by atomic mass is 10.1. The molecule has 0 unspecified atom stereocenters. The molecule has 0 saturated carbocycles. The van der Waals surface area contributed by atoms with Crippen LogP contribution in [0.1, 0.15) is 31.1 Å². The number of hydrogen-bond acceptors (Lipinski definition) is 4. The number of halogens is 2. The molecular formula is C16H20F2N2O4. The van der Waals surface area contributed by atoms with Crippen LogP contribution in [0.15, 0.2) is 12.1 Å². The molecule has 0 spiro atoms. The standard InChI is InChI=1S/C16H20F2N2O4/c1-16(2,3)24-15(23)20-8-6-19(7-9-20)14(22)12-10(17)4-5-11(21)13(12)18/h4-5,21H,6-9H2,1-3H3. The first-order chi connectivity index (χ1) is 11.1. The van der Waals surface area contributed by atoms with E-state index in [4.69, 9.17) is 4.74 Å². The molecule has 1 heterocycles. The van der Waals surface area contributed by atoms with Crippen molar-refractivity contribution >= 4 is 12.0 Å². The Bertz CT molecular complexity index is 650. The topological polar surface area (TPSA) is 70.1 Å². The van der Waals surface area contributed by atoms with E-state index in [9.17, 15) is 23.5 Å². The van der Waals surface area contributed by atoms with Gasteiger partial charge in [-0.05, 0) is 32.9 Å². The molecule has 2 amide bonds. The van der Waals surface area contributed by atoms with E-state index in [0.717, 1.165) is 12.1 Å². The summed E-state index contributed by atoms with van der Waals surface area (Å²) in [5.74, 6) is -3.96. The van der Waals surface area contributed by atoms with Crippen LogP contribution in [-0.2, 0) is 4.74 Å². The van der Waals surface area contributed by atoms with Crippen LogP contribution >= 0.6 is 0 Å². The highest BCUT2D eigenvalue weighted by molar-refractivity contribution is 5.95. The molecule has 1 aromatic rings. The molecule has 1 aromatic carbocycles. The maximum atomic E-state index is 13.8. The third-order valence-corrected chi connectivity index (χ3v) is 3.50. The molecule has 1 fully saturated rings. The van der Waals surface area contributed by atoms with Gasteiger partial charge < -0.3 is 19.6 Å². The number of carbonyl (C=O) groups excluding carboxylic acids is 2. The van der Waals surface area contributed by atoms with Gasteiger partial charge in [0.25, 0.3) is 5.91 Å². The van der Waals surface area contributed by atoms with Gasteiger partial charge in [0.15, 0.2) is 11.6 Å². The van der Waals surface area contributed by atoms with E-state index in [2.05, 4.69) is 0 Å². The van der Waals surface area contributed by atoms with E-state index in [1.54, 1.807) is 20.8 Å². The molecular weight excluding hydrogens is 322 g/mol. The zero-order valence-electron chi connectivity index (χ0n) is 13.8. The minimum absolute atomic E-state index is 0.118. The molecule has 132 valence electrons. The number of rotatable bonds is 1. The van der Waals surface area contributed by atoms with E-state index in [1.807, 2.05) is 0 Å². The Labute approximate surface area is 138 Å². The quantitative estimate of drug-likeness (QED) is 0.851. The fourth-order valence-electron chi connectivity index (χ4n) is 2.31. The van der Waals surface area contributed by atoms with Gasteiger partial charge in [-0.2, -0.15) is 0 Å². The molecule has 0 radical (unpaired) electrons. The van der Waals surface area contributed by atoms with Crippen molar-refractivity contribution < 1.29 is 28.2 Å². The first-order valence-electron chi connectivity index (χ1n) is 7.54. The molecule has 1 N–H and O–H groups in total. The number of nitrogens with zero attached hydrogens (tertiary/aromatic N) is 2. The molecule has 1 aliphatic rings. The summed E-state index contributed by atoms with van der Waals surface area (Å²) >= 11 is 0. The third kappa shape index (κ3) is 3.93. The fourth-order valence-corrected chi connectivity index (χ4v) is 2.31. The van der Waals surface area contributed by atoms with Gasteiger partial charge in [-0.15, -0.1) is 0 Å². The molecule has 0 atom stereocenters. The second-order valence-corrected chi connectivity index (χ2v) is 6.52. The molecule has 0 aromatic heterocycles. The zero-order valence-corrected chi connectivity index (χ0v) is 13.8. The minimum Gasteiger partial charge on any atom is -0.505 e. The Hall–Kier alpha value is -2.38. The minimum atomic E-state index is -1.28. The first kappa shape index (κ1) is 18.0. The van der Waals surface area contributed by atoms with E-state index in [-0.39, 0.29) is 26.2 Å². The Morgan fingerprint density at radius 1 is 1.08 bits per heavy atom. The van der Waals surface area contributed by atoms with Gasteiger partial charge in [0.2, 0.25) is 0 Å². The van der Waals surface area contributed by atoms with Gasteiger partial charge in [0.1, 0.15) is 17.0 Å². The Morgan fingerprint density at radius 3 is 2.17 bits per heavy atom.